The first kappa shape index (κ1) is 16.0. The van der Waals surface area contributed by atoms with Gasteiger partial charge in [-0.3, -0.25) is 14.9 Å². The first-order chi connectivity index (χ1) is 10.1. The summed E-state index contributed by atoms with van der Waals surface area (Å²) >= 11 is 1.68. The molecule has 1 N–H and O–H groups in total. The molecule has 21 heavy (non-hydrogen) atoms. The first-order valence-electron chi connectivity index (χ1n) is 7.26. The maximum absolute atomic E-state index is 12.5. The van der Waals surface area contributed by atoms with Crippen LogP contribution in [0.3, 0.4) is 0 Å². The molecule has 0 aliphatic carbocycles. The van der Waals surface area contributed by atoms with Gasteiger partial charge in [0.05, 0.1) is 19.6 Å². The van der Waals surface area contributed by atoms with E-state index in [-0.39, 0.29) is 30.5 Å². The molecule has 1 aromatic rings. The summed E-state index contributed by atoms with van der Waals surface area (Å²) in [5.74, 6) is -0.209. The van der Waals surface area contributed by atoms with E-state index in [1.54, 1.807) is 16.2 Å². The van der Waals surface area contributed by atoms with Gasteiger partial charge in [0.15, 0.2) is 0 Å². The molecule has 1 saturated heterocycles. The number of thiophene rings is 1. The zero-order valence-corrected chi connectivity index (χ0v) is 13.5. The monoisotopic (exact) mass is 310 g/mol. The average Bonchev–Trinajstić information content (AvgIpc) is 3.02. The van der Waals surface area contributed by atoms with Crippen molar-refractivity contribution in [2.45, 2.75) is 45.3 Å². The first-order valence-corrected chi connectivity index (χ1v) is 8.08. The van der Waals surface area contributed by atoms with Crippen molar-refractivity contribution in [2.24, 2.45) is 0 Å². The van der Waals surface area contributed by atoms with Crippen molar-refractivity contribution in [3.63, 3.8) is 0 Å². The van der Waals surface area contributed by atoms with Crippen molar-refractivity contribution in [3.05, 3.63) is 21.9 Å². The molecular formula is C15H22N2O3S. The van der Waals surface area contributed by atoms with Gasteiger partial charge >= 0.3 is 5.97 Å². The lowest BCUT2D eigenvalue weighted by molar-refractivity contribution is -0.141. The van der Waals surface area contributed by atoms with Crippen molar-refractivity contribution in [3.8, 4) is 0 Å². The summed E-state index contributed by atoms with van der Waals surface area (Å²) in [6.45, 7) is 4.50. The Morgan fingerprint density at radius 2 is 2.24 bits per heavy atom. The van der Waals surface area contributed by atoms with Crippen LogP contribution in [0.4, 0.5) is 0 Å². The fourth-order valence-corrected chi connectivity index (χ4v) is 3.51. The zero-order chi connectivity index (χ0) is 15.4. The smallest absolute Gasteiger partial charge is 0.307 e. The fourth-order valence-electron chi connectivity index (χ4n) is 2.56. The molecule has 0 spiro atoms. The van der Waals surface area contributed by atoms with E-state index in [0.29, 0.717) is 6.54 Å². The molecular weight excluding hydrogens is 288 g/mol. The number of amides is 1. The van der Waals surface area contributed by atoms with Crippen molar-refractivity contribution in [1.29, 1.82) is 0 Å². The molecule has 1 aliphatic heterocycles. The van der Waals surface area contributed by atoms with Crippen LogP contribution in [0.5, 0.6) is 0 Å². The minimum Gasteiger partial charge on any atom is -0.469 e. The quantitative estimate of drug-likeness (QED) is 0.819. The molecule has 6 heteroatoms. The van der Waals surface area contributed by atoms with Gasteiger partial charge < -0.3 is 9.64 Å². The summed E-state index contributed by atoms with van der Waals surface area (Å²) in [6, 6.07) is 3.95. The minimum atomic E-state index is -0.289. The van der Waals surface area contributed by atoms with E-state index in [4.69, 9.17) is 0 Å². The molecule has 0 bridgehead atoms. The van der Waals surface area contributed by atoms with E-state index in [1.165, 1.54) is 12.0 Å². The molecule has 1 fully saturated rings. The molecule has 0 saturated carbocycles. The Kier molecular flexibility index (Phi) is 5.36. The Morgan fingerprint density at radius 3 is 2.81 bits per heavy atom. The molecule has 2 unspecified atom stereocenters. The van der Waals surface area contributed by atoms with Crippen LogP contribution in [0, 0.1) is 6.92 Å². The maximum Gasteiger partial charge on any atom is 0.307 e. The second-order valence-electron chi connectivity index (χ2n) is 5.22. The Balaban J connectivity index is 2.14. The fraction of sp³-hybridized carbons (Fsp3) is 0.600. The molecule has 5 nitrogen and oxygen atoms in total. The number of aryl methyl sites for hydroxylation is 1. The number of rotatable bonds is 6. The normalized spacial score (nSPS) is 21.9. The summed E-state index contributed by atoms with van der Waals surface area (Å²) in [6.07, 6.45) is 1.86. The molecule has 2 atom stereocenters. The lowest BCUT2D eigenvalue weighted by Crippen LogP contribution is -2.33. The van der Waals surface area contributed by atoms with E-state index < -0.39 is 0 Å². The summed E-state index contributed by atoms with van der Waals surface area (Å²) in [7, 11) is 1.37. The van der Waals surface area contributed by atoms with Crippen LogP contribution in [-0.4, -0.2) is 36.5 Å². The SMILES string of the molecule is CCCC1NC(c2ccc(C)s2)N(CCC(=O)OC)C1=O. The molecule has 116 valence electrons. The lowest BCUT2D eigenvalue weighted by Gasteiger charge is -2.22. The number of methoxy groups -OCH3 is 1. The molecule has 0 aromatic carbocycles. The Bertz CT molecular complexity index is 515. The van der Waals surface area contributed by atoms with Gasteiger partial charge in [0.1, 0.15) is 6.17 Å². The van der Waals surface area contributed by atoms with Crippen LogP contribution in [-0.2, 0) is 14.3 Å². The largest absolute Gasteiger partial charge is 0.469 e. The lowest BCUT2D eigenvalue weighted by atomic mass is 10.2. The van der Waals surface area contributed by atoms with Gasteiger partial charge in [-0.05, 0) is 25.5 Å². The third-order valence-corrected chi connectivity index (χ3v) is 4.70. The number of hydrogen-bond acceptors (Lipinski definition) is 5. The third-order valence-electron chi connectivity index (χ3n) is 3.64. The average molecular weight is 310 g/mol. The van der Waals surface area contributed by atoms with E-state index in [0.717, 1.165) is 17.7 Å². The van der Waals surface area contributed by atoms with Crippen molar-refractivity contribution < 1.29 is 14.3 Å². The van der Waals surface area contributed by atoms with E-state index in [9.17, 15) is 9.59 Å². The molecule has 1 aliphatic rings. The number of ether oxygens (including phenoxy) is 1. The van der Waals surface area contributed by atoms with Crippen LogP contribution >= 0.6 is 11.3 Å². The van der Waals surface area contributed by atoms with Gasteiger partial charge in [-0.2, -0.15) is 0 Å². The van der Waals surface area contributed by atoms with Crippen LogP contribution < -0.4 is 5.32 Å². The van der Waals surface area contributed by atoms with E-state index >= 15 is 0 Å². The van der Waals surface area contributed by atoms with Gasteiger partial charge in [-0.1, -0.05) is 13.3 Å². The van der Waals surface area contributed by atoms with Crippen LogP contribution in [0.1, 0.15) is 42.1 Å². The van der Waals surface area contributed by atoms with Crippen molar-refractivity contribution in [2.75, 3.05) is 13.7 Å². The number of carbonyl (C=O) groups excluding carboxylic acids is 2. The molecule has 2 rings (SSSR count). The van der Waals surface area contributed by atoms with Crippen LogP contribution in [0.15, 0.2) is 12.1 Å². The number of hydrogen-bond donors (Lipinski definition) is 1. The standard InChI is InChI=1S/C15H22N2O3S/c1-4-5-11-15(19)17(9-8-13(18)20-3)14(16-11)12-7-6-10(2)21-12/h6-7,11,14,16H,4-5,8-9H2,1-3H3. The van der Waals surface area contributed by atoms with Crippen molar-refractivity contribution >= 4 is 23.2 Å². The predicted octanol–water partition coefficient (Wildman–Crippen LogP) is 2.22. The number of nitrogens with one attached hydrogen (secondary N) is 1. The van der Waals surface area contributed by atoms with E-state index in [2.05, 4.69) is 23.0 Å². The van der Waals surface area contributed by atoms with Crippen LogP contribution in [0.25, 0.3) is 0 Å². The Morgan fingerprint density at radius 1 is 1.48 bits per heavy atom. The van der Waals surface area contributed by atoms with Gasteiger partial charge in [0.2, 0.25) is 5.91 Å². The predicted molar refractivity (Wildman–Crippen MR) is 82.0 cm³/mol. The molecule has 0 radical (unpaired) electrons. The second kappa shape index (κ2) is 7.04. The highest BCUT2D eigenvalue weighted by Gasteiger charge is 2.39. The van der Waals surface area contributed by atoms with Crippen LogP contribution in [0.2, 0.25) is 0 Å². The van der Waals surface area contributed by atoms with Gasteiger partial charge in [0.25, 0.3) is 0 Å². The molecule has 1 aromatic heterocycles. The Hall–Kier alpha value is -1.40. The summed E-state index contributed by atoms with van der Waals surface area (Å²) in [4.78, 5) is 27.9. The highest BCUT2D eigenvalue weighted by molar-refractivity contribution is 7.12. The minimum absolute atomic E-state index is 0.0804. The Labute approximate surface area is 129 Å². The zero-order valence-electron chi connectivity index (χ0n) is 12.7. The third kappa shape index (κ3) is 3.63. The number of nitrogens with zero attached hydrogens (tertiary/aromatic N) is 1. The van der Waals surface area contributed by atoms with E-state index in [1.807, 2.05) is 13.0 Å². The highest BCUT2D eigenvalue weighted by Crippen LogP contribution is 2.31. The van der Waals surface area contributed by atoms with Gasteiger partial charge in [-0.15, -0.1) is 11.3 Å². The topological polar surface area (TPSA) is 58.6 Å². The second-order valence-corrected chi connectivity index (χ2v) is 6.54. The van der Waals surface area contributed by atoms with Gasteiger partial charge in [0, 0.05) is 16.3 Å². The summed E-state index contributed by atoms with van der Waals surface area (Å²) < 4.78 is 4.67. The molecule has 2 heterocycles. The van der Waals surface area contributed by atoms with Gasteiger partial charge in [-0.25, -0.2) is 0 Å². The number of esters is 1. The summed E-state index contributed by atoms with van der Waals surface area (Å²) in [5, 5.41) is 3.40. The summed E-state index contributed by atoms with van der Waals surface area (Å²) in [5.41, 5.74) is 0. The molecule has 1 amide bonds. The highest BCUT2D eigenvalue weighted by atomic mass is 32.1. The maximum atomic E-state index is 12.5. The number of carbonyl (C=O) groups is 2. The van der Waals surface area contributed by atoms with Crippen molar-refractivity contribution in [1.82, 2.24) is 10.2 Å².